The monoisotopic (exact) mass is 457 g/mol. The van der Waals surface area contributed by atoms with Crippen molar-refractivity contribution in [3.8, 4) is 11.3 Å². The number of hydrogen-bond donors (Lipinski definition) is 0. The van der Waals surface area contributed by atoms with Crippen LogP contribution in [0.25, 0.3) is 11.3 Å². The summed E-state index contributed by atoms with van der Waals surface area (Å²) in [6.45, 7) is 6.61. The van der Waals surface area contributed by atoms with Gasteiger partial charge in [0.25, 0.3) is 5.91 Å². The fourth-order valence-corrected chi connectivity index (χ4v) is 4.04. The molecule has 1 atom stereocenters. The zero-order valence-corrected chi connectivity index (χ0v) is 19.2. The molecule has 4 rings (SSSR count). The number of imide groups is 1. The fourth-order valence-electron chi connectivity index (χ4n) is 3.92. The Balaban J connectivity index is 1.32. The van der Waals surface area contributed by atoms with Gasteiger partial charge in [0.05, 0.1) is 6.21 Å². The summed E-state index contributed by atoms with van der Waals surface area (Å²) in [5.74, 6) is 0.947. The van der Waals surface area contributed by atoms with Crippen LogP contribution in [-0.4, -0.2) is 90.2 Å². The second-order valence-corrected chi connectivity index (χ2v) is 8.75. The minimum atomic E-state index is -0.388. The van der Waals surface area contributed by atoms with Gasteiger partial charge in [0, 0.05) is 49.4 Å². The number of hydrogen-bond acceptors (Lipinski definition) is 6. The molecular formula is C23H28ClN5O3. The molecule has 0 N–H and O–H groups in total. The van der Waals surface area contributed by atoms with E-state index >= 15 is 0 Å². The van der Waals surface area contributed by atoms with E-state index in [4.69, 9.17) is 16.0 Å². The van der Waals surface area contributed by atoms with Gasteiger partial charge in [-0.15, -0.1) is 0 Å². The van der Waals surface area contributed by atoms with Crippen molar-refractivity contribution >= 4 is 29.8 Å². The highest BCUT2D eigenvalue weighted by Crippen LogP contribution is 2.23. The van der Waals surface area contributed by atoms with Gasteiger partial charge in [-0.1, -0.05) is 11.6 Å². The van der Waals surface area contributed by atoms with Crippen molar-refractivity contribution in [2.24, 2.45) is 5.10 Å². The van der Waals surface area contributed by atoms with Crippen LogP contribution in [0.5, 0.6) is 0 Å². The van der Waals surface area contributed by atoms with E-state index in [0.29, 0.717) is 29.1 Å². The van der Waals surface area contributed by atoms with Crippen LogP contribution in [-0.2, 0) is 4.79 Å². The van der Waals surface area contributed by atoms with E-state index in [1.165, 1.54) is 16.1 Å². The zero-order chi connectivity index (χ0) is 22.7. The first-order valence-electron chi connectivity index (χ1n) is 10.8. The maximum absolute atomic E-state index is 12.7. The number of rotatable bonds is 7. The summed E-state index contributed by atoms with van der Waals surface area (Å²) in [5, 5.41) is 6.03. The van der Waals surface area contributed by atoms with Crippen molar-refractivity contribution in [1.82, 2.24) is 19.7 Å². The predicted molar refractivity (Wildman–Crippen MR) is 124 cm³/mol. The molecule has 2 aliphatic rings. The Morgan fingerprint density at radius 2 is 1.81 bits per heavy atom. The second kappa shape index (κ2) is 9.85. The van der Waals surface area contributed by atoms with E-state index in [1.54, 1.807) is 18.2 Å². The molecule has 1 aromatic carbocycles. The number of halogens is 1. The predicted octanol–water partition coefficient (Wildman–Crippen LogP) is 3.22. The normalized spacial score (nSPS) is 19.5. The van der Waals surface area contributed by atoms with Crippen molar-refractivity contribution in [3.05, 3.63) is 47.2 Å². The summed E-state index contributed by atoms with van der Waals surface area (Å²) in [7, 11) is 2.12. The summed E-state index contributed by atoms with van der Waals surface area (Å²) in [6, 6.07) is 10.8. The molecule has 3 amide bonds. The number of nitrogens with zero attached hydrogens (tertiary/aromatic N) is 5. The van der Waals surface area contributed by atoms with Crippen LogP contribution in [0.15, 0.2) is 45.9 Å². The summed E-state index contributed by atoms with van der Waals surface area (Å²) >= 11 is 5.92. The number of carbonyl (C=O) groups excluding carboxylic acids is 2. The molecule has 2 aliphatic heterocycles. The Morgan fingerprint density at radius 1 is 1.09 bits per heavy atom. The van der Waals surface area contributed by atoms with Gasteiger partial charge in [-0.25, -0.2) is 9.80 Å². The van der Waals surface area contributed by atoms with E-state index in [2.05, 4.69) is 28.9 Å². The smallest absolute Gasteiger partial charge is 0.347 e. The number of furan rings is 1. The minimum Gasteiger partial charge on any atom is -0.455 e. The van der Waals surface area contributed by atoms with Crippen LogP contribution in [0.3, 0.4) is 0 Å². The molecule has 1 aromatic heterocycles. The molecule has 0 spiro atoms. The van der Waals surface area contributed by atoms with Crippen molar-refractivity contribution in [2.45, 2.75) is 19.4 Å². The molecule has 1 unspecified atom stereocenters. The molecule has 170 valence electrons. The highest BCUT2D eigenvalue weighted by molar-refractivity contribution is 6.30. The number of amides is 3. The maximum Gasteiger partial charge on any atom is 0.347 e. The van der Waals surface area contributed by atoms with Crippen LogP contribution in [0.2, 0.25) is 5.02 Å². The molecule has 3 heterocycles. The van der Waals surface area contributed by atoms with Gasteiger partial charge < -0.3 is 9.32 Å². The third-order valence-corrected chi connectivity index (χ3v) is 6.30. The van der Waals surface area contributed by atoms with Crippen LogP contribution in [0, 0.1) is 0 Å². The lowest BCUT2D eigenvalue weighted by Gasteiger charge is -2.36. The maximum atomic E-state index is 12.7. The van der Waals surface area contributed by atoms with Gasteiger partial charge in [-0.2, -0.15) is 5.10 Å². The van der Waals surface area contributed by atoms with Crippen LogP contribution in [0.1, 0.15) is 19.1 Å². The Bertz CT molecular complexity index is 982. The summed E-state index contributed by atoms with van der Waals surface area (Å²) < 4.78 is 5.77. The van der Waals surface area contributed by atoms with E-state index in [0.717, 1.165) is 38.2 Å². The number of benzene rings is 1. The van der Waals surface area contributed by atoms with Crippen molar-refractivity contribution < 1.29 is 14.0 Å². The standard InChI is InChI=1S/C23H28ClN5O3/c1-17(27-13-11-26(2)12-14-27)9-10-28-22(30)16-29(23(28)31)25-15-20-7-8-21(32-20)18-3-5-19(24)6-4-18/h3-8,15,17H,9-14,16H2,1-2H3. The van der Waals surface area contributed by atoms with Crippen molar-refractivity contribution in [2.75, 3.05) is 46.3 Å². The van der Waals surface area contributed by atoms with E-state index < -0.39 is 0 Å². The molecule has 0 saturated carbocycles. The number of urea groups is 1. The molecule has 0 aliphatic carbocycles. The van der Waals surface area contributed by atoms with Gasteiger partial charge >= 0.3 is 6.03 Å². The largest absolute Gasteiger partial charge is 0.455 e. The average molecular weight is 458 g/mol. The molecule has 2 saturated heterocycles. The molecule has 8 nitrogen and oxygen atoms in total. The fraction of sp³-hybridized carbons (Fsp3) is 0.435. The lowest BCUT2D eigenvalue weighted by Crippen LogP contribution is -2.49. The number of hydrazone groups is 1. The van der Waals surface area contributed by atoms with E-state index in [-0.39, 0.29) is 18.5 Å². The molecule has 32 heavy (non-hydrogen) atoms. The number of carbonyl (C=O) groups is 2. The molecule has 2 aromatic rings. The quantitative estimate of drug-likeness (QED) is 0.471. The molecule has 2 fully saturated rings. The van der Waals surface area contributed by atoms with Crippen LogP contribution in [0.4, 0.5) is 4.79 Å². The highest BCUT2D eigenvalue weighted by atomic mass is 35.5. The third-order valence-electron chi connectivity index (χ3n) is 6.05. The van der Waals surface area contributed by atoms with Crippen LogP contribution >= 0.6 is 11.6 Å². The molecular weight excluding hydrogens is 430 g/mol. The second-order valence-electron chi connectivity index (χ2n) is 8.32. The first-order valence-corrected chi connectivity index (χ1v) is 11.2. The number of piperazine rings is 1. The Labute approximate surface area is 193 Å². The molecule has 0 radical (unpaired) electrons. The molecule has 9 heteroatoms. The summed E-state index contributed by atoms with van der Waals surface area (Å²) in [4.78, 5) is 31.1. The number of likely N-dealkylation sites (N-methyl/N-ethyl adjacent to an activating group) is 1. The third kappa shape index (κ3) is 5.20. The SMILES string of the molecule is CC(CCN1C(=O)CN(N=Cc2ccc(-c3ccc(Cl)cc3)o2)C1=O)N1CCN(C)CC1. The first kappa shape index (κ1) is 22.5. The lowest BCUT2D eigenvalue weighted by molar-refractivity contribution is -0.125. The average Bonchev–Trinajstić information content (AvgIpc) is 3.36. The molecule has 0 bridgehead atoms. The van der Waals surface area contributed by atoms with Gasteiger partial charge in [0.15, 0.2) is 0 Å². The van der Waals surface area contributed by atoms with Gasteiger partial charge in [0.2, 0.25) is 0 Å². The lowest BCUT2D eigenvalue weighted by atomic mass is 10.1. The highest BCUT2D eigenvalue weighted by Gasteiger charge is 2.36. The van der Waals surface area contributed by atoms with Gasteiger partial charge in [0.1, 0.15) is 18.1 Å². The van der Waals surface area contributed by atoms with Crippen molar-refractivity contribution in [1.29, 1.82) is 0 Å². The minimum absolute atomic E-state index is 0.0526. The van der Waals surface area contributed by atoms with Crippen LogP contribution < -0.4 is 0 Å². The summed E-state index contributed by atoms with van der Waals surface area (Å²) in [5.41, 5.74) is 0.891. The van der Waals surface area contributed by atoms with Crippen molar-refractivity contribution in [3.63, 3.8) is 0 Å². The van der Waals surface area contributed by atoms with Gasteiger partial charge in [-0.05, 0) is 56.8 Å². The first-order chi connectivity index (χ1) is 15.4. The van der Waals surface area contributed by atoms with Gasteiger partial charge in [-0.3, -0.25) is 14.6 Å². The zero-order valence-electron chi connectivity index (χ0n) is 18.4. The Morgan fingerprint density at radius 3 is 2.53 bits per heavy atom. The summed E-state index contributed by atoms with van der Waals surface area (Å²) in [6.07, 6.45) is 2.21. The Kier molecular flexibility index (Phi) is 6.93. The van der Waals surface area contributed by atoms with E-state index in [1.807, 2.05) is 18.2 Å². The Hall–Kier alpha value is -2.68. The topological polar surface area (TPSA) is 72.6 Å². The van der Waals surface area contributed by atoms with E-state index in [9.17, 15) is 9.59 Å².